The van der Waals surface area contributed by atoms with Crippen molar-refractivity contribution < 1.29 is 17.5 Å². The fourth-order valence-corrected chi connectivity index (χ4v) is 4.46. The van der Waals surface area contributed by atoms with Gasteiger partial charge in [-0.1, -0.05) is 11.6 Å². The lowest BCUT2D eigenvalue weighted by Crippen LogP contribution is -2.43. The van der Waals surface area contributed by atoms with E-state index in [1.54, 1.807) is 0 Å². The molecule has 0 N–H and O–H groups in total. The molecule has 1 aromatic heterocycles. The van der Waals surface area contributed by atoms with Crippen molar-refractivity contribution in [1.29, 1.82) is 0 Å². The number of ether oxygens (including phenoxy) is 1. The fraction of sp³-hybridized carbons (Fsp3) is 0.467. The molecule has 3 heterocycles. The Hall–Kier alpha value is -1.19. The number of halogens is 3. The molecule has 0 unspecified atom stereocenters. The number of aromatic nitrogens is 2. The highest BCUT2D eigenvalue weighted by molar-refractivity contribution is 9.10. The first-order chi connectivity index (χ1) is 11.8. The van der Waals surface area contributed by atoms with E-state index in [0.29, 0.717) is 24.4 Å². The first kappa shape index (κ1) is 17.2. The lowest BCUT2D eigenvalue weighted by Gasteiger charge is -2.35. The number of rotatable bonds is 1. The molecular weight excluding hydrogens is 437 g/mol. The maximum atomic E-state index is 14.8. The zero-order chi connectivity index (χ0) is 17.9. The van der Waals surface area contributed by atoms with E-state index in [1.807, 2.05) is 4.90 Å². The first-order valence-corrected chi connectivity index (χ1v) is 10.8. The molecule has 1 saturated heterocycles. The Morgan fingerprint density at radius 2 is 2.12 bits per heavy atom. The second kappa shape index (κ2) is 5.92. The van der Waals surface area contributed by atoms with Gasteiger partial charge in [0.15, 0.2) is 11.6 Å². The van der Waals surface area contributed by atoms with Crippen molar-refractivity contribution in [2.75, 3.05) is 24.3 Å². The Morgan fingerprint density at radius 3 is 2.84 bits per heavy atom. The third-order valence-electron chi connectivity index (χ3n) is 4.54. The molecule has 2 aliphatic heterocycles. The number of piperidine rings is 1. The molecule has 0 bridgehead atoms. The van der Waals surface area contributed by atoms with E-state index in [2.05, 4.69) is 25.9 Å². The minimum Gasteiger partial charge on any atom is -0.489 e. The van der Waals surface area contributed by atoms with Crippen molar-refractivity contribution in [1.82, 2.24) is 9.97 Å². The van der Waals surface area contributed by atoms with Gasteiger partial charge < -0.3 is 9.64 Å². The normalized spacial score (nSPS) is 20.2. The van der Waals surface area contributed by atoms with E-state index in [0.717, 1.165) is 25.5 Å². The van der Waals surface area contributed by atoms with E-state index in [-0.39, 0.29) is 26.8 Å². The van der Waals surface area contributed by atoms with E-state index >= 15 is 0 Å². The van der Waals surface area contributed by atoms with Crippen molar-refractivity contribution in [2.45, 2.75) is 30.5 Å². The summed E-state index contributed by atoms with van der Waals surface area (Å²) >= 11 is 9.39. The average Bonchev–Trinajstić information content (AvgIpc) is 2.74. The zero-order valence-electron chi connectivity index (χ0n) is 13.2. The minimum absolute atomic E-state index is 0.000592. The van der Waals surface area contributed by atoms with Gasteiger partial charge in [0.25, 0.3) is 0 Å². The van der Waals surface area contributed by atoms with E-state index < -0.39 is 20.8 Å². The highest BCUT2D eigenvalue weighted by Gasteiger charge is 2.34. The minimum atomic E-state index is -3.71. The molecule has 4 rings (SSSR count). The van der Waals surface area contributed by atoms with Gasteiger partial charge in [-0.25, -0.2) is 22.8 Å². The lowest BCUT2D eigenvalue weighted by atomic mass is 10.0. The Kier molecular flexibility index (Phi) is 4.08. The molecule has 10 heteroatoms. The van der Waals surface area contributed by atoms with Crippen LogP contribution in [0.4, 0.5) is 10.2 Å². The van der Waals surface area contributed by atoms with Gasteiger partial charge in [0, 0.05) is 12.8 Å². The van der Waals surface area contributed by atoms with Crippen LogP contribution >= 0.6 is 27.5 Å². The summed E-state index contributed by atoms with van der Waals surface area (Å²) in [6, 6.07) is 0.0320. The summed E-state index contributed by atoms with van der Waals surface area (Å²) in [7, 11) is -3.71. The number of anilines is 1. The molecule has 2 aliphatic rings. The Morgan fingerprint density at radius 1 is 1.36 bits per heavy atom. The molecular formula is C15H14BrClFN3O3S. The van der Waals surface area contributed by atoms with Crippen LogP contribution in [0.1, 0.15) is 19.3 Å². The molecule has 0 aliphatic carbocycles. The second-order valence-corrected chi connectivity index (χ2v) is 9.33. The van der Waals surface area contributed by atoms with E-state index in [4.69, 9.17) is 16.3 Å². The summed E-state index contributed by atoms with van der Waals surface area (Å²) in [5, 5.41) is 0.0181. The van der Waals surface area contributed by atoms with Crippen LogP contribution in [0.2, 0.25) is 5.02 Å². The van der Waals surface area contributed by atoms with Gasteiger partial charge in [-0.2, -0.15) is 0 Å². The molecule has 0 amide bonds. The van der Waals surface area contributed by atoms with E-state index in [9.17, 15) is 12.8 Å². The summed E-state index contributed by atoms with van der Waals surface area (Å²) < 4.78 is 44.7. The number of nitrogens with zero attached hydrogens (tertiary/aromatic N) is 3. The maximum absolute atomic E-state index is 14.8. The Labute approximate surface area is 157 Å². The Balaban J connectivity index is 2.14. The number of benzene rings is 1. The van der Waals surface area contributed by atoms with Crippen LogP contribution in [0.25, 0.3) is 10.9 Å². The van der Waals surface area contributed by atoms with Crippen LogP contribution in [0.3, 0.4) is 0 Å². The molecule has 0 radical (unpaired) electrons. The van der Waals surface area contributed by atoms with Gasteiger partial charge in [-0.15, -0.1) is 0 Å². The summed E-state index contributed by atoms with van der Waals surface area (Å²) in [4.78, 5) is 10.2. The topological polar surface area (TPSA) is 72.4 Å². The van der Waals surface area contributed by atoms with E-state index in [1.165, 1.54) is 0 Å². The monoisotopic (exact) mass is 449 g/mol. The van der Waals surface area contributed by atoms with Gasteiger partial charge in [0.2, 0.25) is 15.0 Å². The molecule has 2 aromatic rings. The highest BCUT2D eigenvalue weighted by Crippen LogP contribution is 2.47. The summed E-state index contributed by atoms with van der Waals surface area (Å²) in [5.74, 6) is -0.0679. The number of sulfone groups is 1. The smallest absolute Gasteiger partial charge is 0.249 e. The van der Waals surface area contributed by atoms with Crippen LogP contribution < -0.4 is 9.64 Å². The van der Waals surface area contributed by atoms with Crippen LogP contribution in [0.5, 0.6) is 5.75 Å². The molecule has 1 atom stereocenters. The van der Waals surface area contributed by atoms with Crippen LogP contribution in [-0.2, 0) is 9.84 Å². The third-order valence-corrected chi connectivity index (χ3v) is 6.72. The van der Waals surface area contributed by atoms with Gasteiger partial charge in [-0.05, 0) is 35.2 Å². The lowest BCUT2D eigenvalue weighted by molar-refractivity contribution is 0.267. The van der Waals surface area contributed by atoms with Crippen molar-refractivity contribution in [3.63, 3.8) is 0 Å². The zero-order valence-corrected chi connectivity index (χ0v) is 16.4. The summed E-state index contributed by atoms with van der Waals surface area (Å²) in [5.41, 5.74) is -0.108. The largest absolute Gasteiger partial charge is 0.489 e. The number of hydrogen-bond donors (Lipinski definition) is 0. The molecule has 25 heavy (non-hydrogen) atoms. The first-order valence-electron chi connectivity index (χ1n) is 7.76. The molecule has 0 spiro atoms. The van der Waals surface area contributed by atoms with Gasteiger partial charge in [-0.3, -0.25) is 0 Å². The quantitative estimate of drug-likeness (QED) is 0.490. The van der Waals surface area contributed by atoms with Crippen molar-refractivity contribution in [3.05, 3.63) is 15.3 Å². The van der Waals surface area contributed by atoms with Crippen molar-refractivity contribution in [3.8, 4) is 5.75 Å². The predicted molar refractivity (Wildman–Crippen MR) is 95.8 cm³/mol. The van der Waals surface area contributed by atoms with Crippen LogP contribution in [0.15, 0.2) is 9.63 Å². The molecule has 1 fully saturated rings. The number of hydrogen-bond acceptors (Lipinski definition) is 6. The predicted octanol–water partition coefficient (Wildman–Crippen LogP) is 3.34. The summed E-state index contributed by atoms with van der Waals surface area (Å²) in [6.45, 7) is 1.07. The SMILES string of the molecule is CS(=O)(=O)c1nc2c3c(c(Cl)c(Br)c(F)c3n1)OC[C@@H]1CCCCN21. The van der Waals surface area contributed by atoms with Crippen molar-refractivity contribution >= 4 is 54.1 Å². The maximum Gasteiger partial charge on any atom is 0.249 e. The molecule has 6 nitrogen and oxygen atoms in total. The number of fused-ring (bicyclic) bond motifs is 2. The average molecular weight is 451 g/mol. The molecule has 1 aromatic carbocycles. The molecule has 134 valence electrons. The second-order valence-electron chi connectivity index (χ2n) is 6.25. The van der Waals surface area contributed by atoms with Crippen molar-refractivity contribution in [2.24, 2.45) is 0 Å². The van der Waals surface area contributed by atoms with Crippen LogP contribution in [-0.4, -0.2) is 43.8 Å². The Bertz CT molecular complexity index is 1000. The van der Waals surface area contributed by atoms with Gasteiger partial charge in [0.05, 0.1) is 15.9 Å². The summed E-state index contributed by atoms with van der Waals surface area (Å²) in [6.07, 6.45) is 3.87. The highest BCUT2D eigenvalue weighted by atomic mass is 79.9. The fourth-order valence-electron chi connectivity index (χ4n) is 3.35. The molecule has 0 saturated carbocycles. The van der Waals surface area contributed by atoms with Gasteiger partial charge >= 0.3 is 0 Å². The van der Waals surface area contributed by atoms with Gasteiger partial charge in [0.1, 0.15) is 23.0 Å². The standard InChI is InChI=1S/C15H14BrClFN3O3S/c1-25(22,23)15-19-12-8-13(10(17)9(16)11(12)18)24-6-7-4-2-3-5-21(7)14(8)20-15/h7H,2-6H2,1H3/t7-/m0/s1. The van der Waals surface area contributed by atoms with Crippen LogP contribution in [0, 0.1) is 5.82 Å². The third kappa shape index (κ3) is 2.67.